The summed E-state index contributed by atoms with van der Waals surface area (Å²) in [5, 5.41) is 11.7. The van der Waals surface area contributed by atoms with Crippen LogP contribution < -0.4 is 5.32 Å². The van der Waals surface area contributed by atoms with E-state index in [-0.39, 0.29) is 17.5 Å². The molecule has 0 aliphatic heterocycles. The molecule has 0 atom stereocenters. The number of aromatic nitrogens is 2. The molecule has 0 radical (unpaired) electrons. The van der Waals surface area contributed by atoms with Gasteiger partial charge in [-0.2, -0.15) is 0 Å². The summed E-state index contributed by atoms with van der Waals surface area (Å²) in [6.45, 7) is 1.66. The molecule has 0 spiro atoms. The highest BCUT2D eigenvalue weighted by molar-refractivity contribution is 14.1. The Balaban J connectivity index is 2.38. The monoisotopic (exact) mass is 373 g/mol. The van der Waals surface area contributed by atoms with Crippen molar-refractivity contribution >= 4 is 40.2 Å². The number of carboxylic acid groups (broad SMARTS) is 1. The fourth-order valence-electron chi connectivity index (χ4n) is 1.45. The van der Waals surface area contributed by atoms with Crippen LogP contribution in [0, 0.1) is 16.3 Å². The number of anilines is 2. The normalized spacial score (nSPS) is 10.3. The minimum Gasteiger partial charge on any atom is -0.477 e. The second kappa shape index (κ2) is 5.47. The number of hydrogen-bond donors (Lipinski definition) is 2. The minimum absolute atomic E-state index is 0.110. The van der Waals surface area contributed by atoms with E-state index in [0.29, 0.717) is 15.0 Å². The smallest absolute Gasteiger partial charge is 0.354 e. The molecular weight excluding hydrogens is 364 g/mol. The van der Waals surface area contributed by atoms with E-state index in [1.165, 1.54) is 12.1 Å². The molecule has 2 N–H and O–H groups in total. The number of aryl methyl sites for hydroxylation is 1. The molecule has 2 aromatic rings. The first-order valence-corrected chi connectivity index (χ1v) is 6.35. The zero-order valence-corrected chi connectivity index (χ0v) is 12.0. The molecule has 98 valence electrons. The summed E-state index contributed by atoms with van der Waals surface area (Å²) in [5.74, 6) is -1.37. The third-order valence-corrected chi connectivity index (χ3v) is 3.37. The number of nitrogens with one attached hydrogen (secondary N) is 1. The summed E-state index contributed by atoms with van der Waals surface area (Å²) in [5.41, 5.74) is 0.894. The molecule has 2 rings (SSSR count). The molecule has 0 saturated carbocycles. The molecular formula is C12H9FIN3O2. The summed E-state index contributed by atoms with van der Waals surface area (Å²) in [6.07, 6.45) is 0. The maximum Gasteiger partial charge on any atom is 0.354 e. The number of carbonyl (C=O) groups is 1. The quantitative estimate of drug-likeness (QED) is 0.810. The Bertz CT molecular complexity index is 649. The van der Waals surface area contributed by atoms with Crippen LogP contribution >= 0.6 is 22.6 Å². The molecule has 0 amide bonds. The van der Waals surface area contributed by atoms with E-state index < -0.39 is 5.97 Å². The second-order valence-electron chi connectivity index (χ2n) is 3.75. The zero-order chi connectivity index (χ0) is 14.0. The lowest BCUT2D eigenvalue weighted by molar-refractivity contribution is 0.0690. The van der Waals surface area contributed by atoms with Crippen molar-refractivity contribution in [2.24, 2.45) is 0 Å². The number of halogens is 2. The van der Waals surface area contributed by atoms with E-state index in [4.69, 9.17) is 5.11 Å². The van der Waals surface area contributed by atoms with Gasteiger partial charge < -0.3 is 10.4 Å². The summed E-state index contributed by atoms with van der Waals surface area (Å²) in [7, 11) is 0. The minimum atomic E-state index is -1.14. The largest absolute Gasteiger partial charge is 0.477 e. The molecule has 0 saturated heterocycles. The number of carboxylic acids is 1. The van der Waals surface area contributed by atoms with Gasteiger partial charge in [0.15, 0.2) is 5.69 Å². The van der Waals surface area contributed by atoms with Gasteiger partial charge in [-0.05, 0) is 47.7 Å². The highest BCUT2D eigenvalue weighted by Crippen LogP contribution is 2.23. The van der Waals surface area contributed by atoms with Gasteiger partial charge >= 0.3 is 5.97 Å². The van der Waals surface area contributed by atoms with Gasteiger partial charge in [-0.1, -0.05) is 6.07 Å². The van der Waals surface area contributed by atoms with Crippen LogP contribution in [0.1, 0.15) is 16.2 Å². The maximum absolute atomic E-state index is 13.4. The van der Waals surface area contributed by atoms with Crippen molar-refractivity contribution in [3.63, 3.8) is 0 Å². The van der Waals surface area contributed by atoms with Crippen LogP contribution in [0.3, 0.4) is 0 Å². The number of hydrogen-bond acceptors (Lipinski definition) is 4. The van der Waals surface area contributed by atoms with E-state index in [9.17, 15) is 9.18 Å². The second-order valence-corrected chi connectivity index (χ2v) is 4.83. The number of rotatable bonds is 3. The van der Waals surface area contributed by atoms with E-state index in [0.717, 1.165) is 0 Å². The van der Waals surface area contributed by atoms with Crippen LogP contribution in [0.15, 0.2) is 24.3 Å². The first-order chi connectivity index (χ1) is 8.97. The number of nitrogens with zero attached hydrogens (tertiary/aromatic N) is 2. The van der Waals surface area contributed by atoms with E-state index >= 15 is 0 Å². The third kappa shape index (κ3) is 3.16. The maximum atomic E-state index is 13.4. The first-order valence-electron chi connectivity index (χ1n) is 5.27. The van der Waals surface area contributed by atoms with Crippen LogP contribution in [0.5, 0.6) is 0 Å². The van der Waals surface area contributed by atoms with E-state index in [1.54, 1.807) is 19.1 Å². The SMILES string of the molecule is Cc1cc(C(=O)O)nc(Nc2cccc(F)c2I)n1. The lowest BCUT2D eigenvalue weighted by atomic mass is 10.3. The van der Waals surface area contributed by atoms with Crippen molar-refractivity contribution in [2.75, 3.05) is 5.32 Å². The van der Waals surface area contributed by atoms with Gasteiger partial charge in [-0.15, -0.1) is 0 Å². The van der Waals surface area contributed by atoms with Crippen molar-refractivity contribution in [1.82, 2.24) is 9.97 Å². The predicted octanol–water partition coefficient (Wildman–Crippen LogP) is 2.97. The third-order valence-electron chi connectivity index (χ3n) is 2.27. The fourth-order valence-corrected chi connectivity index (χ4v) is 1.95. The topological polar surface area (TPSA) is 75.1 Å². The molecule has 1 aromatic carbocycles. The van der Waals surface area contributed by atoms with Crippen LogP contribution in [-0.2, 0) is 0 Å². The van der Waals surface area contributed by atoms with Gasteiger partial charge in [0.05, 0.1) is 9.26 Å². The average molecular weight is 373 g/mol. The summed E-state index contributed by atoms with van der Waals surface area (Å²) in [4.78, 5) is 18.8. The molecule has 1 heterocycles. The molecule has 19 heavy (non-hydrogen) atoms. The van der Waals surface area contributed by atoms with Crippen molar-refractivity contribution in [3.05, 3.63) is 45.0 Å². The van der Waals surface area contributed by atoms with Gasteiger partial charge in [-0.25, -0.2) is 19.2 Å². The van der Waals surface area contributed by atoms with Crippen LogP contribution in [0.4, 0.5) is 16.0 Å². The highest BCUT2D eigenvalue weighted by atomic mass is 127. The average Bonchev–Trinajstić information content (AvgIpc) is 2.34. The van der Waals surface area contributed by atoms with Gasteiger partial charge in [0.25, 0.3) is 0 Å². The lowest BCUT2D eigenvalue weighted by Crippen LogP contribution is -2.07. The zero-order valence-electron chi connectivity index (χ0n) is 9.82. The molecule has 0 unspecified atom stereocenters. The van der Waals surface area contributed by atoms with Gasteiger partial charge in [0, 0.05) is 5.69 Å². The van der Waals surface area contributed by atoms with Crippen molar-refractivity contribution in [2.45, 2.75) is 6.92 Å². The summed E-state index contributed by atoms with van der Waals surface area (Å²) < 4.78 is 13.8. The van der Waals surface area contributed by atoms with E-state index in [1.807, 2.05) is 22.6 Å². The predicted molar refractivity (Wildman–Crippen MR) is 76.1 cm³/mol. The molecule has 5 nitrogen and oxygen atoms in total. The highest BCUT2D eigenvalue weighted by Gasteiger charge is 2.11. The Kier molecular flexibility index (Phi) is 3.93. The summed E-state index contributed by atoms with van der Waals surface area (Å²) >= 11 is 1.85. The Morgan fingerprint density at radius 3 is 2.84 bits per heavy atom. The molecule has 1 aromatic heterocycles. The molecule has 0 aliphatic carbocycles. The van der Waals surface area contributed by atoms with Crippen molar-refractivity contribution in [3.8, 4) is 0 Å². The molecule has 0 aliphatic rings. The lowest BCUT2D eigenvalue weighted by Gasteiger charge is -2.08. The van der Waals surface area contributed by atoms with Crippen LogP contribution in [-0.4, -0.2) is 21.0 Å². The van der Waals surface area contributed by atoms with Crippen LogP contribution in [0.2, 0.25) is 0 Å². The standard InChI is InChI=1S/C12H9FIN3O2/c1-6-5-9(11(18)19)17-12(15-6)16-8-4-2-3-7(13)10(8)14/h2-5H,1H3,(H,18,19)(H,15,16,17). The molecule has 0 bridgehead atoms. The van der Waals surface area contributed by atoms with Crippen LogP contribution in [0.25, 0.3) is 0 Å². The molecule has 0 fully saturated rings. The van der Waals surface area contributed by atoms with Crippen molar-refractivity contribution < 1.29 is 14.3 Å². The first kappa shape index (κ1) is 13.7. The Morgan fingerprint density at radius 2 is 2.16 bits per heavy atom. The van der Waals surface area contributed by atoms with Gasteiger partial charge in [0.1, 0.15) is 5.82 Å². The summed E-state index contributed by atoms with van der Waals surface area (Å²) in [6, 6.07) is 5.92. The molecule has 7 heteroatoms. The Morgan fingerprint density at radius 1 is 1.42 bits per heavy atom. The van der Waals surface area contributed by atoms with Gasteiger partial charge in [-0.3, -0.25) is 0 Å². The Hall–Kier alpha value is -1.77. The number of aromatic carboxylic acids is 1. The van der Waals surface area contributed by atoms with E-state index in [2.05, 4.69) is 15.3 Å². The van der Waals surface area contributed by atoms with Crippen molar-refractivity contribution in [1.29, 1.82) is 0 Å². The fraction of sp³-hybridized carbons (Fsp3) is 0.0833. The Labute approximate surface area is 122 Å². The number of benzene rings is 1. The van der Waals surface area contributed by atoms with Gasteiger partial charge in [0.2, 0.25) is 5.95 Å².